The lowest BCUT2D eigenvalue weighted by molar-refractivity contribution is -0.0544. The summed E-state index contributed by atoms with van der Waals surface area (Å²) in [4.78, 5) is 6.46. The minimum atomic E-state index is -0.318. The van der Waals surface area contributed by atoms with Gasteiger partial charge in [-0.2, -0.15) is 0 Å². The summed E-state index contributed by atoms with van der Waals surface area (Å²) in [6.07, 6.45) is 6.33. The summed E-state index contributed by atoms with van der Waals surface area (Å²) in [5.41, 5.74) is -0.145. The Morgan fingerprint density at radius 1 is 1.38 bits per heavy atom. The van der Waals surface area contributed by atoms with Crippen LogP contribution < -0.4 is 5.32 Å². The topological polar surface area (TPSA) is 50.5 Å². The molecule has 2 aromatic heterocycles. The van der Waals surface area contributed by atoms with Crippen molar-refractivity contribution in [2.45, 2.75) is 37.5 Å². The molecule has 0 amide bonds. The molecule has 0 radical (unpaired) electrons. The maximum Gasteiger partial charge on any atom is 0.165 e. The number of hydrogen-bond acceptors (Lipinski definition) is 5. The normalized spacial score (nSPS) is 27.6. The number of furan rings is 1. The Balaban J connectivity index is 1.38. The first-order chi connectivity index (χ1) is 11.7. The van der Waals surface area contributed by atoms with Crippen molar-refractivity contribution in [2.75, 3.05) is 25.0 Å². The molecule has 0 unspecified atom stereocenters. The number of halogens is 1. The first kappa shape index (κ1) is 15.6. The van der Waals surface area contributed by atoms with Crippen LogP contribution in [0.1, 0.15) is 25.0 Å². The van der Waals surface area contributed by atoms with E-state index in [9.17, 15) is 4.39 Å². The average molecular weight is 331 g/mol. The summed E-state index contributed by atoms with van der Waals surface area (Å²) >= 11 is 0. The molecule has 4 heterocycles. The fourth-order valence-corrected chi connectivity index (χ4v) is 3.85. The molecule has 0 bridgehead atoms. The van der Waals surface area contributed by atoms with Crippen LogP contribution in [0.15, 0.2) is 41.1 Å². The monoisotopic (exact) mass is 331 g/mol. The van der Waals surface area contributed by atoms with E-state index in [0.29, 0.717) is 12.4 Å². The van der Waals surface area contributed by atoms with Crippen molar-refractivity contribution in [1.29, 1.82) is 0 Å². The second-order valence-corrected chi connectivity index (χ2v) is 6.77. The maximum atomic E-state index is 13.8. The molecular formula is C18H22FN3O2. The molecule has 0 aromatic carbocycles. The van der Waals surface area contributed by atoms with Crippen LogP contribution >= 0.6 is 0 Å². The highest BCUT2D eigenvalue weighted by atomic mass is 19.1. The van der Waals surface area contributed by atoms with Crippen LogP contribution in [-0.2, 0) is 11.3 Å². The van der Waals surface area contributed by atoms with Crippen LogP contribution in [0.3, 0.4) is 0 Å². The van der Waals surface area contributed by atoms with Gasteiger partial charge in [-0.25, -0.2) is 9.37 Å². The van der Waals surface area contributed by atoms with Crippen LogP contribution in [0.5, 0.6) is 0 Å². The molecule has 6 heteroatoms. The van der Waals surface area contributed by atoms with Crippen LogP contribution in [-0.4, -0.2) is 41.2 Å². The van der Waals surface area contributed by atoms with Crippen LogP contribution in [0, 0.1) is 5.82 Å². The van der Waals surface area contributed by atoms with Crippen molar-refractivity contribution in [2.24, 2.45) is 0 Å². The van der Waals surface area contributed by atoms with Crippen molar-refractivity contribution in [1.82, 2.24) is 9.88 Å². The number of likely N-dealkylation sites (tertiary alicyclic amines) is 1. The van der Waals surface area contributed by atoms with Gasteiger partial charge in [0.05, 0.1) is 31.1 Å². The third-order valence-electron chi connectivity index (χ3n) is 4.89. The van der Waals surface area contributed by atoms with Gasteiger partial charge in [0.2, 0.25) is 0 Å². The molecule has 1 spiro atoms. The Morgan fingerprint density at radius 2 is 2.33 bits per heavy atom. The van der Waals surface area contributed by atoms with Gasteiger partial charge in [-0.1, -0.05) is 0 Å². The Kier molecular flexibility index (Phi) is 4.24. The summed E-state index contributed by atoms with van der Waals surface area (Å²) in [5.74, 6) is 0.975. The summed E-state index contributed by atoms with van der Waals surface area (Å²) in [6, 6.07) is 7.04. The van der Waals surface area contributed by atoms with Gasteiger partial charge in [0, 0.05) is 19.2 Å². The summed E-state index contributed by atoms with van der Waals surface area (Å²) < 4.78 is 25.4. The van der Waals surface area contributed by atoms with E-state index < -0.39 is 0 Å². The summed E-state index contributed by atoms with van der Waals surface area (Å²) in [5, 5.41) is 3.19. The number of nitrogens with one attached hydrogen (secondary N) is 1. The highest BCUT2D eigenvalue weighted by Crippen LogP contribution is 2.36. The molecule has 0 aliphatic carbocycles. The van der Waals surface area contributed by atoms with Crippen molar-refractivity contribution >= 4 is 5.82 Å². The number of ether oxygens (including phenoxy) is 1. The average Bonchev–Trinajstić information content (AvgIpc) is 3.21. The standard InChI is InChI=1S/C18H22FN3O2/c19-16-5-1-7-20-17(16)21-14-10-18(24-12-14)6-3-8-22(13-18)11-15-4-2-9-23-15/h1-2,4-5,7,9,14H,3,6,8,10-13H2,(H,20,21)/t14-,18-/m1/s1. The van der Waals surface area contributed by atoms with Crippen LogP contribution in [0.4, 0.5) is 10.2 Å². The Hall–Kier alpha value is -1.92. The van der Waals surface area contributed by atoms with Gasteiger partial charge in [-0.15, -0.1) is 0 Å². The summed E-state index contributed by atoms with van der Waals surface area (Å²) in [7, 11) is 0. The van der Waals surface area contributed by atoms with E-state index in [1.807, 2.05) is 12.1 Å². The van der Waals surface area contributed by atoms with E-state index in [2.05, 4.69) is 15.2 Å². The molecule has 2 aliphatic rings. The Morgan fingerprint density at radius 3 is 3.17 bits per heavy atom. The van der Waals surface area contributed by atoms with Gasteiger partial charge in [-0.05, 0) is 43.7 Å². The molecule has 4 rings (SSSR count). The van der Waals surface area contributed by atoms with Crippen LogP contribution in [0.2, 0.25) is 0 Å². The number of aromatic nitrogens is 1. The zero-order valence-corrected chi connectivity index (χ0v) is 13.6. The van der Waals surface area contributed by atoms with E-state index in [4.69, 9.17) is 9.15 Å². The smallest absolute Gasteiger partial charge is 0.165 e. The zero-order chi connectivity index (χ0) is 16.4. The van der Waals surface area contributed by atoms with E-state index in [-0.39, 0.29) is 17.5 Å². The van der Waals surface area contributed by atoms with E-state index in [1.165, 1.54) is 6.07 Å². The third kappa shape index (κ3) is 3.30. The molecule has 5 nitrogen and oxygen atoms in total. The molecule has 0 saturated carbocycles. The first-order valence-electron chi connectivity index (χ1n) is 8.48. The molecule has 2 atom stereocenters. The maximum absolute atomic E-state index is 13.8. The van der Waals surface area contributed by atoms with Crippen LogP contribution in [0.25, 0.3) is 0 Å². The molecule has 128 valence electrons. The molecule has 1 N–H and O–H groups in total. The lowest BCUT2D eigenvalue weighted by Gasteiger charge is -2.39. The molecule has 2 saturated heterocycles. The van der Waals surface area contributed by atoms with Crippen molar-refractivity contribution in [3.8, 4) is 0 Å². The van der Waals surface area contributed by atoms with Gasteiger partial charge in [0.1, 0.15) is 5.76 Å². The van der Waals surface area contributed by atoms with Gasteiger partial charge >= 0.3 is 0 Å². The predicted octanol–water partition coefficient (Wildman–Crippen LogP) is 3.05. The quantitative estimate of drug-likeness (QED) is 0.933. The molecular weight excluding hydrogens is 309 g/mol. The van der Waals surface area contributed by atoms with E-state index >= 15 is 0 Å². The Labute approximate surface area is 140 Å². The third-order valence-corrected chi connectivity index (χ3v) is 4.89. The Bertz CT molecular complexity index is 679. The minimum absolute atomic E-state index is 0.0953. The molecule has 2 aliphatic heterocycles. The number of pyridine rings is 1. The van der Waals surface area contributed by atoms with E-state index in [0.717, 1.165) is 44.7 Å². The van der Waals surface area contributed by atoms with Gasteiger partial charge < -0.3 is 14.5 Å². The van der Waals surface area contributed by atoms with Crippen molar-refractivity contribution in [3.63, 3.8) is 0 Å². The second-order valence-electron chi connectivity index (χ2n) is 6.77. The summed E-state index contributed by atoms with van der Waals surface area (Å²) in [6.45, 7) is 3.34. The first-order valence-corrected chi connectivity index (χ1v) is 8.48. The SMILES string of the molecule is Fc1cccnc1N[C@H]1CO[C@]2(CCCN(Cc3ccco3)C2)C1. The molecule has 24 heavy (non-hydrogen) atoms. The lowest BCUT2D eigenvalue weighted by atomic mass is 9.88. The number of rotatable bonds is 4. The predicted molar refractivity (Wildman–Crippen MR) is 88.1 cm³/mol. The van der Waals surface area contributed by atoms with E-state index in [1.54, 1.807) is 18.5 Å². The highest BCUT2D eigenvalue weighted by molar-refractivity contribution is 5.37. The van der Waals surface area contributed by atoms with Gasteiger partial charge in [0.25, 0.3) is 0 Å². The van der Waals surface area contributed by atoms with Gasteiger partial charge in [0.15, 0.2) is 11.6 Å². The fraction of sp³-hybridized carbons (Fsp3) is 0.500. The fourth-order valence-electron chi connectivity index (χ4n) is 3.85. The number of piperidine rings is 1. The van der Waals surface area contributed by atoms with Crippen molar-refractivity contribution in [3.05, 3.63) is 48.3 Å². The number of anilines is 1. The second kappa shape index (κ2) is 6.53. The number of nitrogens with zero attached hydrogens (tertiary/aromatic N) is 2. The molecule has 2 aromatic rings. The minimum Gasteiger partial charge on any atom is -0.468 e. The van der Waals surface area contributed by atoms with Gasteiger partial charge in [-0.3, -0.25) is 4.90 Å². The van der Waals surface area contributed by atoms with Crippen molar-refractivity contribution < 1.29 is 13.5 Å². The zero-order valence-electron chi connectivity index (χ0n) is 13.6. The molecule has 2 fully saturated rings. The lowest BCUT2D eigenvalue weighted by Crippen LogP contribution is -2.47. The largest absolute Gasteiger partial charge is 0.468 e. The number of hydrogen-bond donors (Lipinski definition) is 1. The highest BCUT2D eigenvalue weighted by Gasteiger charge is 2.43.